The summed E-state index contributed by atoms with van der Waals surface area (Å²) in [7, 11) is 0. The topological polar surface area (TPSA) is 77.8 Å². The van der Waals surface area contributed by atoms with Crippen molar-refractivity contribution in [3.63, 3.8) is 0 Å². The Morgan fingerprint density at radius 2 is 1.75 bits per heavy atom. The number of carbonyl (C=O) groups excluding carboxylic acids is 2. The molecule has 1 aliphatic heterocycles. The molecule has 1 unspecified atom stereocenters. The average Bonchev–Trinajstić information content (AvgIpc) is 2.55. The lowest BCUT2D eigenvalue weighted by atomic mass is 9.85. The van der Waals surface area contributed by atoms with Gasteiger partial charge in [-0.1, -0.05) is 12.2 Å². The molecule has 88 valence electrons. The van der Waals surface area contributed by atoms with Gasteiger partial charge in [-0.2, -0.15) is 0 Å². The number of fused-ring (bicyclic) bond motifs is 1. The van der Waals surface area contributed by atoms with Gasteiger partial charge >= 0.3 is 0 Å². The van der Waals surface area contributed by atoms with Crippen LogP contribution in [0.2, 0.25) is 0 Å². The highest BCUT2D eigenvalue weighted by Gasteiger charge is 2.47. The van der Waals surface area contributed by atoms with Gasteiger partial charge in [-0.3, -0.25) is 14.5 Å². The van der Waals surface area contributed by atoms with Crippen LogP contribution in [0.1, 0.15) is 12.8 Å². The van der Waals surface area contributed by atoms with Gasteiger partial charge in [0, 0.05) is 0 Å². The molecular formula is C11H15NO4. The van der Waals surface area contributed by atoms with E-state index in [0.29, 0.717) is 12.8 Å². The van der Waals surface area contributed by atoms with Crippen LogP contribution >= 0.6 is 0 Å². The summed E-state index contributed by atoms with van der Waals surface area (Å²) in [4.78, 5) is 24.8. The van der Waals surface area contributed by atoms with Gasteiger partial charge in [0.1, 0.15) is 0 Å². The first kappa shape index (κ1) is 11.3. The summed E-state index contributed by atoms with van der Waals surface area (Å²) in [5, 5.41) is 18.0. The molecule has 0 aromatic carbocycles. The largest absolute Gasteiger partial charge is 0.394 e. The number of imide groups is 1. The third-order valence-electron chi connectivity index (χ3n) is 3.20. The maximum Gasteiger partial charge on any atom is 0.233 e. The van der Waals surface area contributed by atoms with Crippen molar-refractivity contribution >= 4 is 11.8 Å². The second kappa shape index (κ2) is 4.35. The third-order valence-corrected chi connectivity index (χ3v) is 3.20. The van der Waals surface area contributed by atoms with Crippen LogP contribution in [0, 0.1) is 11.8 Å². The fraction of sp³-hybridized carbons (Fsp3) is 0.636. The fourth-order valence-electron chi connectivity index (χ4n) is 2.32. The molecule has 16 heavy (non-hydrogen) atoms. The lowest BCUT2D eigenvalue weighted by Crippen LogP contribution is -2.39. The van der Waals surface area contributed by atoms with E-state index in [1.54, 1.807) is 0 Å². The van der Waals surface area contributed by atoms with E-state index >= 15 is 0 Å². The van der Waals surface area contributed by atoms with Gasteiger partial charge in [-0.25, -0.2) is 0 Å². The number of β-amino-alcohol motifs (C(OH)–C–C–N with tert-alkyl or cyclic N) is 1. The Morgan fingerprint density at radius 3 is 2.19 bits per heavy atom. The zero-order chi connectivity index (χ0) is 11.7. The molecule has 0 radical (unpaired) electrons. The van der Waals surface area contributed by atoms with E-state index in [1.807, 2.05) is 12.2 Å². The van der Waals surface area contributed by atoms with E-state index in [1.165, 1.54) is 0 Å². The number of likely N-dealkylation sites (tertiary alicyclic amines) is 1. The van der Waals surface area contributed by atoms with Crippen molar-refractivity contribution in [2.45, 2.75) is 18.9 Å². The molecule has 2 rings (SSSR count). The van der Waals surface area contributed by atoms with Crippen LogP contribution in [-0.4, -0.2) is 46.2 Å². The van der Waals surface area contributed by atoms with Crippen molar-refractivity contribution < 1.29 is 19.8 Å². The number of aliphatic hydroxyl groups excluding tert-OH is 2. The summed E-state index contributed by atoms with van der Waals surface area (Å²) < 4.78 is 0. The molecule has 5 heteroatoms. The van der Waals surface area contributed by atoms with Crippen molar-refractivity contribution in [3.05, 3.63) is 12.2 Å². The minimum atomic E-state index is -1.04. The van der Waals surface area contributed by atoms with Crippen LogP contribution in [0.5, 0.6) is 0 Å². The Bertz CT molecular complexity index is 313. The Kier molecular flexibility index (Phi) is 3.07. The maximum atomic E-state index is 11.9. The quantitative estimate of drug-likeness (QED) is 0.491. The number of rotatable bonds is 3. The SMILES string of the molecule is O=C1[C@H]2CC=CC[C@H]2C(=O)N1CC(O)CO. The van der Waals surface area contributed by atoms with Gasteiger partial charge in [0.2, 0.25) is 11.8 Å². The van der Waals surface area contributed by atoms with Crippen LogP contribution in [0.3, 0.4) is 0 Å². The summed E-state index contributed by atoms with van der Waals surface area (Å²) in [5.74, 6) is -0.953. The van der Waals surface area contributed by atoms with Gasteiger partial charge < -0.3 is 10.2 Å². The van der Waals surface area contributed by atoms with Crippen molar-refractivity contribution in [2.75, 3.05) is 13.2 Å². The van der Waals surface area contributed by atoms with E-state index in [9.17, 15) is 14.7 Å². The van der Waals surface area contributed by atoms with Gasteiger partial charge in [0.25, 0.3) is 0 Å². The number of amides is 2. The van der Waals surface area contributed by atoms with Gasteiger partial charge in [0.05, 0.1) is 31.1 Å². The minimum Gasteiger partial charge on any atom is -0.394 e. The van der Waals surface area contributed by atoms with E-state index in [4.69, 9.17) is 5.11 Å². The second-order valence-electron chi connectivity index (χ2n) is 4.28. The maximum absolute atomic E-state index is 11.9. The summed E-state index contributed by atoms with van der Waals surface area (Å²) in [6.45, 7) is -0.536. The molecule has 2 amide bonds. The first-order valence-corrected chi connectivity index (χ1v) is 5.44. The normalized spacial score (nSPS) is 30.8. The standard InChI is InChI=1S/C11H15NO4/c13-6-7(14)5-12-10(15)8-3-1-2-4-9(8)11(12)16/h1-2,7-9,13-14H,3-6H2/t7?,8-,9+. The van der Waals surface area contributed by atoms with E-state index < -0.39 is 12.7 Å². The molecule has 1 aliphatic carbocycles. The number of allylic oxidation sites excluding steroid dienone is 2. The number of hydrogen-bond donors (Lipinski definition) is 2. The summed E-state index contributed by atoms with van der Waals surface area (Å²) in [5.41, 5.74) is 0. The van der Waals surface area contributed by atoms with Gasteiger partial charge in [-0.15, -0.1) is 0 Å². The van der Waals surface area contributed by atoms with E-state index in [2.05, 4.69) is 0 Å². The number of aliphatic hydroxyl groups is 2. The second-order valence-corrected chi connectivity index (χ2v) is 4.28. The fourth-order valence-corrected chi connectivity index (χ4v) is 2.32. The van der Waals surface area contributed by atoms with Crippen molar-refractivity contribution in [1.29, 1.82) is 0 Å². The highest BCUT2D eigenvalue weighted by molar-refractivity contribution is 6.05. The molecular weight excluding hydrogens is 210 g/mol. The summed E-state index contributed by atoms with van der Waals surface area (Å²) in [6, 6.07) is 0. The van der Waals surface area contributed by atoms with Crippen LogP contribution in [0.15, 0.2) is 12.2 Å². The Balaban J connectivity index is 2.11. The Hall–Kier alpha value is -1.20. The molecule has 2 N–H and O–H groups in total. The van der Waals surface area contributed by atoms with Crippen LogP contribution in [0.25, 0.3) is 0 Å². The number of nitrogens with zero attached hydrogens (tertiary/aromatic N) is 1. The van der Waals surface area contributed by atoms with Crippen LogP contribution < -0.4 is 0 Å². The molecule has 0 spiro atoms. The van der Waals surface area contributed by atoms with Crippen molar-refractivity contribution in [3.8, 4) is 0 Å². The highest BCUT2D eigenvalue weighted by atomic mass is 16.3. The first-order valence-electron chi connectivity index (χ1n) is 5.44. The van der Waals surface area contributed by atoms with E-state index in [0.717, 1.165) is 4.90 Å². The zero-order valence-electron chi connectivity index (χ0n) is 8.87. The number of carbonyl (C=O) groups is 2. The van der Waals surface area contributed by atoms with Gasteiger partial charge in [-0.05, 0) is 12.8 Å². The Labute approximate surface area is 93.4 Å². The predicted molar refractivity (Wildman–Crippen MR) is 55.2 cm³/mol. The first-order chi connectivity index (χ1) is 7.65. The molecule has 2 aliphatic rings. The molecule has 1 saturated heterocycles. The zero-order valence-corrected chi connectivity index (χ0v) is 8.87. The van der Waals surface area contributed by atoms with Crippen LogP contribution in [-0.2, 0) is 9.59 Å². The molecule has 3 atom stereocenters. The average molecular weight is 225 g/mol. The summed E-state index contributed by atoms with van der Waals surface area (Å²) in [6.07, 6.45) is 3.99. The third kappa shape index (κ3) is 1.76. The Morgan fingerprint density at radius 1 is 1.25 bits per heavy atom. The lowest BCUT2D eigenvalue weighted by Gasteiger charge is -2.17. The molecule has 0 aromatic rings. The van der Waals surface area contributed by atoms with E-state index in [-0.39, 0.29) is 30.2 Å². The van der Waals surface area contributed by atoms with Crippen molar-refractivity contribution in [2.24, 2.45) is 11.8 Å². The molecule has 0 aromatic heterocycles. The lowest BCUT2D eigenvalue weighted by molar-refractivity contribution is -0.141. The summed E-state index contributed by atoms with van der Waals surface area (Å²) >= 11 is 0. The predicted octanol–water partition coefficient (Wildman–Crippen LogP) is -0.709. The smallest absolute Gasteiger partial charge is 0.233 e. The van der Waals surface area contributed by atoms with Crippen LogP contribution in [0.4, 0.5) is 0 Å². The molecule has 5 nitrogen and oxygen atoms in total. The molecule has 1 fully saturated rings. The molecule has 0 bridgehead atoms. The molecule has 1 heterocycles. The van der Waals surface area contributed by atoms with Crippen molar-refractivity contribution in [1.82, 2.24) is 4.90 Å². The molecule has 0 saturated carbocycles. The minimum absolute atomic E-state index is 0.0961. The highest BCUT2D eigenvalue weighted by Crippen LogP contribution is 2.34. The monoisotopic (exact) mass is 225 g/mol. The van der Waals surface area contributed by atoms with Gasteiger partial charge in [0.15, 0.2) is 0 Å². The number of hydrogen-bond acceptors (Lipinski definition) is 4.